The molecule has 0 spiro atoms. The highest BCUT2D eigenvalue weighted by atomic mass is 14.8. The molecular formula is C12H20N2. The van der Waals surface area contributed by atoms with E-state index in [1.807, 2.05) is 6.92 Å². The molecule has 2 heteroatoms. The first-order chi connectivity index (χ1) is 6.74. The summed E-state index contributed by atoms with van der Waals surface area (Å²) in [5, 5.41) is 0. The minimum atomic E-state index is 0.693. The number of allylic oxidation sites excluding steroid dienone is 3. The Morgan fingerprint density at radius 3 is 2.71 bits per heavy atom. The maximum atomic E-state index is 5.55. The van der Waals surface area contributed by atoms with Gasteiger partial charge in [-0.25, -0.2) is 0 Å². The van der Waals surface area contributed by atoms with Crippen LogP contribution in [-0.4, -0.2) is 5.71 Å². The number of unbranched alkanes of at least 4 members (excludes halogenated alkanes) is 1. The topological polar surface area (TPSA) is 38.4 Å². The summed E-state index contributed by atoms with van der Waals surface area (Å²) in [6.07, 6.45) is 11.0. The van der Waals surface area contributed by atoms with Crippen molar-refractivity contribution in [2.45, 2.75) is 39.5 Å². The van der Waals surface area contributed by atoms with Crippen molar-refractivity contribution in [3.63, 3.8) is 0 Å². The fourth-order valence-corrected chi connectivity index (χ4v) is 1.21. The zero-order valence-electron chi connectivity index (χ0n) is 9.16. The number of aliphatic imine (C=N–C) groups is 1. The van der Waals surface area contributed by atoms with Crippen LogP contribution in [0.25, 0.3) is 0 Å². The Hall–Kier alpha value is -1.05. The third-order valence-corrected chi connectivity index (χ3v) is 2.16. The molecule has 1 saturated carbocycles. The van der Waals surface area contributed by atoms with Crippen LogP contribution in [0.4, 0.5) is 0 Å². The zero-order valence-corrected chi connectivity index (χ0v) is 9.16. The summed E-state index contributed by atoms with van der Waals surface area (Å²) in [7, 11) is 0. The molecule has 14 heavy (non-hydrogen) atoms. The highest BCUT2D eigenvalue weighted by Gasteiger charge is 2.25. The Morgan fingerprint density at radius 1 is 1.50 bits per heavy atom. The van der Waals surface area contributed by atoms with Gasteiger partial charge in [0.2, 0.25) is 0 Å². The van der Waals surface area contributed by atoms with E-state index in [2.05, 4.69) is 24.1 Å². The Kier molecular flexibility index (Phi) is 4.44. The lowest BCUT2D eigenvalue weighted by Gasteiger charge is -1.95. The van der Waals surface area contributed by atoms with Crippen LogP contribution >= 0.6 is 0 Å². The Balaban J connectivity index is 2.55. The van der Waals surface area contributed by atoms with Gasteiger partial charge in [-0.3, -0.25) is 4.99 Å². The van der Waals surface area contributed by atoms with Crippen molar-refractivity contribution in [2.75, 3.05) is 0 Å². The molecule has 1 aliphatic carbocycles. The molecule has 2 N–H and O–H groups in total. The molecule has 78 valence electrons. The van der Waals surface area contributed by atoms with Crippen LogP contribution in [0.15, 0.2) is 29.0 Å². The zero-order chi connectivity index (χ0) is 10.4. The van der Waals surface area contributed by atoms with Gasteiger partial charge >= 0.3 is 0 Å². The van der Waals surface area contributed by atoms with Crippen molar-refractivity contribution in [1.29, 1.82) is 0 Å². The molecule has 1 rings (SSSR count). The fourth-order valence-electron chi connectivity index (χ4n) is 1.21. The first kappa shape index (κ1) is 11.0. The molecule has 0 bridgehead atoms. The van der Waals surface area contributed by atoms with E-state index in [0.29, 0.717) is 5.92 Å². The average molecular weight is 192 g/mol. The van der Waals surface area contributed by atoms with Crippen LogP contribution in [0, 0.1) is 5.92 Å². The smallest absolute Gasteiger partial charge is 0.0455 e. The Labute approximate surface area is 86.6 Å². The molecule has 1 aliphatic rings. The molecule has 0 aromatic heterocycles. The molecule has 0 aliphatic heterocycles. The second-order valence-corrected chi connectivity index (χ2v) is 3.89. The van der Waals surface area contributed by atoms with E-state index in [-0.39, 0.29) is 0 Å². The van der Waals surface area contributed by atoms with Gasteiger partial charge in [0.05, 0.1) is 0 Å². The van der Waals surface area contributed by atoms with Crippen molar-refractivity contribution in [3.05, 3.63) is 24.0 Å². The van der Waals surface area contributed by atoms with Gasteiger partial charge in [0.1, 0.15) is 0 Å². The summed E-state index contributed by atoms with van der Waals surface area (Å²) in [6.45, 7) is 4.05. The second-order valence-electron chi connectivity index (χ2n) is 3.89. The third-order valence-electron chi connectivity index (χ3n) is 2.16. The Bertz CT molecular complexity index is 253. The molecule has 1 fully saturated rings. The van der Waals surface area contributed by atoms with Gasteiger partial charge in [0, 0.05) is 23.5 Å². The number of nitrogens with zero attached hydrogens (tertiary/aromatic N) is 1. The van der Waals surface area contributed by atoms with E-state index in [1.54, 1.807) is 6.20 Å². The summed E-state index contributed by atoms with van der Waals surface area (Å²) in [4.78, 5) is 4.40. The third kappa shape index (κ3) is 4.26. The molecule has 0 amide bonds. The fraction of sp³-hybridized carbons (Fsp3) is 0.583. The predicted octanol–water partition coefficient (Wildman–Crippen LogP) is 3.01. The lowest BCUT2D eigenvalue weighted by molar-refractivity contribution is 0.958. The molecule has 0 radical (unpaired) electrons. The van der Waals surface area contributed by atoms with Gasteiger partial charge < -0.3 is 5.73 Å². The van der Waals surface area contributed by atoms with E-state index < -0.39 is 0 Å². The number of rotatable bonds is 5. The monoisotopic (exact) mass is 192 g/mol. The normalized spacial score (nSPS) is 19.3. The van der Waals surface area contributed by atoms with Crippen LogP contribution in [0.2, 0.25) is 0 Å². The molecule has 0 aromatic carbocycles. The van der Waals surface area contributed by atoms with Gasteiger partial charge in [-0.2, -0.15) is 0 Å². The molecule has 0 heterocycles. The van der Waals surface area contributed by atoms with Crippen LogP contribution < -0.4 is 5.73 Å². The average Bonchev–Trinajstić information content (AvgIpc) is 2.94. The second kappa shape index (κ2) is 5.63. The maximum absolute atomic E-state index is 5.55. The van der Waals surface area contributed by atoms with Crippen molar-refractivity contribution in [1.82, 2.24) is 0 Å². The standard InChI is InChI=1S/C12H20N2/c1-3-4-5-6-12(11-7-8-11)14-9-10(2)13/h5-6,9,11H,3-4,7-8,13H2,1-2H3/b6-5+,10-9+,14-12+. The molecule has 0 unspecified atom stereocenters. The molecule has 0 saturated heterocycles. The highest BCUT2D eigenvalue weighted by Crippen LogP contribution is 2.31. The van der Waals surface area contributed by atoms with Gasteiger partial charge in [-0.05, 0) is 32.3 Å². The molecule has 0 atom stereocenters. The van der Waals surface area contributed by atoms with E-state index in [0.717, 1.165) is 12.1 Å². The number of hydrogen-bond acceptors (Lipinski definition) is 2. The largest absolute Gasteiger partial charge is 0.401 e. The minimum absolute atomic E-state index is 0.693. The lowest BCUT2D eigenvalue weighted by atomic mass is 10.2. The summed E-state index contributed by atoms with van der Waals surface area (Å²) in [6, 6.07) is 0. The first-order valence-corrected chi connectivity index (χ1v) is 5.40. The van der Waals surface area contributed by atoms with E-state index in [9.17, 15) is 0 Å². The lowest BCUT2D eigenvalue weighted by Crippen LogP contribution is -1.96. The quantitative estimate of drug-likeness (QED) is 0.668. The van der Waals surface area contributed by atoms with E-state index >= 15 is 0 Å². The van der Waals surface area contributed by atoms with Crippen LogP contribution in [0.1, 0.15) is 39.5 Å². The maximum Gasteiger partial charge on any atom is 0.0455 e. The van der Waals surface area contributed by atoms with E-state index in [1.165, 1.54) is 25.0 Å². The Morgan fingerprint density at radius 2 is 2.21 bits per heavy atom. The minimum Gasteiger partial charge on any atom is -0.401 e. The van der Waals surface area contributed by atoms with Crippen molar-refractivity contribution in [3.8, 4) is 0 Å². The van der Waals surface area contributed by atoms with Crippen molar-refractivity contribution < 1.29 is 0 Å². The van der Waals surface area contributed by atoms with Crippen LogP contribution in [0.5, 0.6) is 0 Å². The molecule has 0 aromatic rings. The number of nitrogens with two attached hydrogens (primary N) is 1. The first-order valence-electron chi connectivity index (χ1n) is 5.40. The van der Waals surface area contributed by atoms with Crippen LogP contribution in [-0.2, 0) is 0 Å². The van der Waals surface area contributed by atoms with Gasteiger partial charge in [-0.15, -0.1) is 0 Å². The molecule has 2 nitrogen and oxygen atoms in total. The summed E-state index contributed by atoms with van der Waals surface area (Å²) in [5.74, 6) is 0.693. The highest BCUT2D eigenvalue weighted by molar-refractivity contribution is 5.98. The predicted molar refractivity (Wildman–Crippen MR) is 62.2 cm³/mol. The summed E-state index contributed by atoms with van der Waals surface area (Å²) in [5.41, 5.74) is 7.51. The molecular weight excluding hydrogens is 172 g/mol. The SMILES string of the molecule is CCC/C=C/C(=N\C=C(/C)N)C1CC1. The summed E-state index contributed by atoms with van der Waals surface area (Å²) >= 11 is 0. The van der Waals surface area contributed by atoms with E-state index in [4.69, 9.17) is 5.73 Å². The summed E-state index contributed by atoms with van der Waals surface area (Å²) < 4.78 is 0. The van der Waals surface area contributed by atoms with Gasteiger partial charge in [-0.1, -0.05) is 19.4 Å². The van der Waals surface area contributed by atoms with Crippen LogP contribution in [0.3, 0.4) is 0 Å². The van der Waals surface area contributed by atoms with Gasteiger partial charge in [0.25, 0.3) is 0 Å². The van der Waals surface area contributed by atoms with Crippen molar-refractivity contribution >= 4 is 5.71 Å². The van der Waals surface area contributed by atoms with Crippen molar-refractivity contribution in [2.24, 2.45) is 16.6 Å². The van der Waals surface area contributed by atoms with Gasteiger partial charge in [0.15, 0.2) is 0 Å². The number of hydrogen-bond donors (Lipinski definition) is 1.